The van der Waals surface area contributed by atoms with Crippen molar-refractivity contribution in [2.24, 2.45) is 0 Å². The molecule has 0 saturated carbocycles. The van der Waals surface area contributed by atoms with Gasteiger partial charge in [-0.3, -0.25) is 4.79 Å². The number of carbonyl (C=O) groups is 2. The molecule has 27 heavy (non-hydrogen) atoms. The number of hydrogen-bond donors (Lipinski definition) is 1. The number of rotatable bonds is 5. The minimum Gasteiger partial charge on any atom is -0.462 e. The van der Waals surface area contributed by atoms with Gasteiger partial charge in [-0.05, 0) is 72.0 Å². The Kier molecular flexibility index (Phi) is 6.68. The Morgan fingerprint density at radius 2 is 1.85 bits per heavy atom. The normalized spacial score (nSPS) is 13.9. The highest BCUT2D eigenvalue weighted by Crippen LogP contribution is 2.26. The van der Waals surface area contributed by atoms with Gasteiger partial charge in [0.1, 0.15) is 0 Å². The van der Waals surface area contributed by atoms with Crippen molar-refractivity contribution in [3.63, 3.8) is 0 Å². The molecule has 1 aliphatic heterocycles. The lowest BCUT2D eigenvalue weighted by atomic mass is 10.1. The van der Waals surface area contributed by atoms with Crippen LogP contribution in [0.25, 0.3) is 0 Å². The summed E-state index contributed by atoms with van der Waals surface area (Å²) in [6.45, 7) is 4.72. The quantitative estimate of drug-likeness (QED) is 0.524. The zero-order valence-electron chi connectivity index (χ0n) is 15.0. The van der Waals surface area contributed by atoms with Crippen molar-refractivity contribution in [3.8, 4) is 0 Å². The average molecular weight is 480 g/mol. The third kappa shape index (κ3) is 4.98. The Labute approximate surface area is 172 Å². The number of nitrogens with one attached hydrogen (secondary N) is 1. The molecular formula is C20H21IN2O4. The van der Waals surface area contributed by atoms with Crippen LogP contribution in [0.1, 0.15) is 27.6 Å². The largest absolute Gasteiger partial charge is 0.462 e. The third-order valence-corrected chi connectivity index (χ3v) is 4.93. The predicted molar refractivity (Wildman–Crippen MR) is 113 cm³/mol. The van der Waals surface area contributed by atoms with Crippen LogP contribution in [-0.2, 0) is 9.47 Å². The van der Waals surface area contributed by atoms with E-state index in [0.717, 1.165) is 9.26 Å². The van der Waals surface area contributed by atoms with Gasteiger partial charge in [0.2, 0.25) is 0 Å². The van der Waals surface area contributed by atoms with Crippen molar-refractivity contribution >= 4 is 45.8 Å². The molecule has 0 unspecified atom stereocenters. The molecule has 142 valence electrons. The van der Waals surface area contributed by atoms with Crippen LogP contribution in [0.4, 0.5) is 11.4 Å². The predicted octanol–water partition coefficient (Wildman–Crippen LogP) is 3.56. The molecule has 1 N–H and O–H groups in total. The summed E-state index contributed by atoms with van der Waals surface area (Å²) in [5, 5.41) is 2.85. The van der Waals surface area contributed by atoms with Gasteiger partial charge in [-0.25, -0.2) is 4.79 Å². The van der Waals surface area contributed by atoms with Gasteiger partial charge in [0.25, 0.3) is 5.91 Å². The number of hydrogen-bond acceptors (Lipinski definition) is 5. The summed E-state index contributed by atoms with van der Waals surface area (Å²) in [4.78, 5) is 27.0. The Morgan fingerprint density at radius 3 is 2.52 bits per heavy atom. The van der Waals surface area contributed by atoms with Gasteiger partial charge in [0.15, 0.2) is 0 Å². The second kappa shape index (κ2) is 9.18. The minimum atomic E-state index is -0.399. The molecule has 1 aliphatic rings. The van der Waals surface area contributed by atoms with Gasteiger partial charge < -0.3 is 19.7 Å². The molecule has 0 radical (unpaired) electrons. The van der Waals surface area contributed by atoms with Crippen molar-refractivity contribution in [2.75, 3.05) is 43.1 Å². The summed E-state index contributed by atoms with van der Waals surface area (Å²) >= 11 is 2.19. The number of morpholine rings is 1. The Balaban J connectivity index is 1.85. The lowest BCUT2D eigenvalue weighted by Gasteiger charge is -2.30. The number of esters is 1. The molecule has 1 amide bonds. The van der Waals surface area contributed by atoms with Gasteiger partial charge in [-0.1, -0.05) is 0 Å². The molecular weight excluding hydrogens is 459 g/mol. The fraction of sp³-hybridized carbons (Fsp3) is 0.300. The van der Waals surface area contributed by atoms with E-state index in [9.17, 15) is 9.59 Å². The van der Waals surface area contributed by atoms with Crippen LogP contribution < -0.4 is 10.2 Å². The first-order valence-electron chi connectivity index (χ1n) is 8.79. The third-order valence-electron chi connectivity index (χ3n) is 4.21. The number of ether oxygens (including phenoxy) is 2. The molecule has 0 aliphatic carbocycles. The average Bonchev–Trinajstić information content (AvgIpc) is 2.69. The highest BCUT2D eigenvalue weighted by Gasteiger charge is 2.20. The molecule has 7 heteroatoms. The molecule has 0 bridgehead atoms. The molecule has 2 aromatic rings. The van der Waals surface area contributed by atoms with Crippen molar-refractivity contribution in [2.45, 2.75) is 6.92 Å². The second-order valence-electron chi connectivity index (χ2n) is 6.01. The van der Waals surface area contributed by atoms with Gasteiger partial charge in [0, 0.05) is 27.9 Å². The van der Waals surface area contributed by atoms with Gasteiger partial charge in [-0.2, -0.15) is 0 Å². The first kappa shape index (κ1) is 19.6. The Hall–Kier alpha value is -2.13. The van der Waals surface area contributed by atoms with E-state index in [4.69, 9.17) is 9.47 Å². The van der Waals surface area contributed by atoms with E-state index >= 15 is 0 Å². The van der Waals surface area contributed by atoms with E-state index in [2.05, 4.69) is 32.8 Å². The number of nitrogens with zero attached hydrogens (tertiary/aromatic N) is 1. The lowest BCUT2D eigenvalue weighted by Crippen LogP contribution is -2.37. The van der Waals surface area contributed by atoms with Crippen LogP contribution in [0, 0.1) is 3.57 Å². The first-order chi connectivity index (χ1) is 13.1. The molecule has 6 nitrogen and oxygen atoms in total. The monoisotopic (exact) mass is 480 g/mol. The molecule has 2 aromatic carbocycles. The summed E-state index contributed by atoms with van der Waals surface area (Å²) < 4.78 is 11.7. The summed E-state index contributed by atoms with van der Waals surface area (Å²) in [6.07, 6.45) is 0. The lowest BCUT2D eigenvalue weighted by molar-refractivity contribution is 0.0526. The SMILES string of the molecule is CCOC(=O)c1cc(NC(=O)c2ccc(I)cc2)ccc1N1CCOCC1. The maximum Gasteiger partial charge on any atom is 0.340 e. The van der Waals surface area contributed by atoms with Gasteiger partial charge >= 0.3 is 5.97 Å². The van der Waals surface area contributed by atoms with E-state index in [1.54, 1.807) is 31.2 Å². The van der Waals surface area contributed by atoms with Crippen molar-refractivity contribution < 1.29 is 19.1 Å². The summed E-state index contributed by atoms with van der Waals surface area (Å²) in [5.41, 5.74) is 2.35. The zero-order chi connectivity index (χ0) is 19.2. The maximum absolute atomic E-state index is 12.5. The fourth-order valence-corrected chi connectivity index (χ4v) is 3.23. The van der Waals surface area contributed by atoms with E-state index in [-0.39, 0.29) is 5.91 Å². The zero-order valence-corrected chi connectivity index (χ0v) is 17.2. The molecule has 1 saturated heterocycles. The standard InChI is InChI=1S/C20H21IN2O4/c1-2-27-20(25)17-13-16(7-8-18(17)23-9-11-26-12-10-23)22-19(24)14-3-5-15(21)6-4-14/h3-8,13H,2,9-12H2,1H3,(H,22,24). The van der Waals surface area contributed by atoms with Crippen LogP contribution in [0.2, 0.25) is 0 Å². The number of benzene rings is 2. The van der Waals surface area contributed by atoms with E-state index < -0.39 is 5.97 Å². The second-order valence-corrected chi connectivity index (χ2v) is 7.26. The number of carbonyl (C=O) groups excluding carboxylic acids is 2. The molecule has 1 fully saturated rings. The topological polar surface area (TPSA) is 67.9 Å². The van der Waals surface area contributed by atoms with Crippen molar-refractivity contribution in [3.05, 3.63) is 57.2 Å². The van der Waals surface area contributed by atoms with Crippen LogP contribution in [0.15, 0.2) is 42.5 Å². The molecule has 0 aromatic heterocycles. The molecule has 1 heterocycles. The Bertz CT molecular complexity index is 817. The number of amides is 1. The van der Waals surface area contributed by atoms with Crippen LogP contribution in [0.3, 0.4) is 0 Å². The van der Waals surface area contributed by atoms with Crippen LogP contribution in [0.5, 0.6) is 0 Å². The maximum atomic E-state index is 12.5. The Morgan fingerprint density at radius 1 is 1.15 bits per heavy atom. The highest BCUT2D eigenvalue weighted by molar-refractivity contribution is 14.1. The van der Waals surface area contributed by atoms with Crippen molar-refractivity contribution in [1.82, 2.24) is 0 Å². The summed E-state index contributed by atoms with van der Waals surface area (Å²) in [6, 6.07) is 12.6. The summed E-state index contributed by atoms with van der Waals surface area (Å²) in [5.74, 6) is -0.621. The van der Waals surface area contributed by atoms with E-state index in [0.29, 0.717) is 49.7 Å². The molecule has 0 atom stereocenters. The fourth-order valence-electron chi connectivity index (χ4n) is 2.87. The molecule has 0 spiro atoms. The first-order valence-corrected chi connectivity index (χ1v) is 9.87. The van der Waals surface area contributed by atoms with Crippen LogP contribution in [-0.4, -0.2) is 44.8 Å². The smallest absolute Gasteiger partial charge is 0.340 e. The van der Waals surface area contributed by atoms with Gasteiger partial charge in [0.05, 0.1) is 31.1 Å². The molecule has 3 rings (SSSR count). The van der Waals surface area contributed by atoms with E-state index in [1.165, 1.54) is 0 Å². The summed E-state index contributed by atoms with van der Waals surface area (Å²) in [7, 11) is 0. The minimum absolute atomic E-state index is 0.222. The van der Waals surface area contributed by atoms with Crippen LogP contribution >= 0.6 is 22.6 Å². The highest BCUT2D eigenvalue weighted by atomic mass is 127. The number of anilines is 2. The van der Waals surface area contributed by atoms with Crippen molar-refractivity contribution in [1.29, 1.82) is 0 Å². The van der Waals surface area contributed by atoms with Gasteiger partial charge in [-0.15, -0.1) is 0 Å². The van der Waals surface area contributed by atoms with E-state index in [1.807, 2.05) is 18.2 Å². The number of halogens is 1.